The Hall–Kier alpha value is -2.20. The number of thiazole rings is 1. The van der Waals surface area contributed by atoms with Crippen molar-refractivity contribution in [1.29, 1.82) is 0 Å². The van der Waals surface area contributed by atoms with Crippen LogP contribution in [0.4, 0.5) is 10.8 Å². The first-order valence-electron chi connectivity index (χ1n) is 9.85. The third-order valence-electron chi connectivity index (χ3n) is 5.44. The molecule has 0 N–H and O–H groups in total. The van der Waals surface area contributed by atoms with E-state index in [1.807, 2.05) is 17.5 Å². The first-order chi connectivity index (χ1) is 15.2. The van der Waals surface area contributed by atoms with Gasteiger partial charge >= 0.3 is 0 Å². The molecule has 2 aromatic carbocycles. The van der Waals surface area contributed by atoms with Crippen LogP contribution in [0.2, 0.25) is 10.0 Å². The maximum absolute atomic E-state index is 12.9. The van der Waals surface area contributed by atoms with E-state index in [0.29, 0.717) is 42.4 Å². The second-order valence-corrected chi connectivity index (χ2v) is 11.4. The highest BCUT2D eigenvalue weighted by molar-refractivity contribution is 7.92. The van der Waals surface area contributed by atoms with E-state index in [1.165, 1.54) is 35.6 Å². The van der Waals surface area contributed by atoms with Gasteiger partial charge in [0.25, 0.3) is 5.69 Å². The lowest BCUT2D eigenvalue weighted by Gasteiger charge is -2.31. The second-order valence-electron chi connectivity index (χ2n) is 7.53. The summed E-state index contributed by atoms with van der Waals surface area (Å²) in [6, 6.07) is 10.6. The van der Waals surface area contributed by atoms with Gasteiger partial charge in [0, 0.05) is 37.0 Å². The van der Waals surface area contributed by atoms with E-state index >= 15 is 0 Å². The number of nitro benzene ring substituents is 1. The Kier molecular flexibility index (Phi) is 6.71. The fourth-order valence-corrected chi connectivity index (χ4v) is 6.62. The average Bonchev–Trinajstić information content (AvgIpc) is 3.25. The molecule has 0 unspecified atom stereocenters. The largest absolute Gasteiger partial charge is 0.348 e. The quantitative estimate of drug-likeness (QED) is 0.325. The molecule has 4 rings (SSSR count). The van der Waals surface area contributed by atoms with Gasteiger partial charge in [-0.2, -0.15) is 0 Å². The first kappa shape index (κ1) is 23.0. The van der Waals surface area contributed by atoms with Crippen molar-refractivity contribution in [1.82, 2.24) is 4.98 Å². The summed E-state index contributed by atoms with van der Waals surface area (Å²) in [4.78, 5) is 17.2. The number of piperidine rings is 1. The average molecular weight is 512 g/mol. The zero-order valence-electron chi connectivity index (χ0n) is 16.8. The van der Waals surface area contributed by atoms with E-state index in [2.05, 4.69) is 4.90 Å². The van der Waals surface area contributed by atoms with E-state index in [9.17, 15) is 18.5 Å². The minimum atomic E-state index is -3.54. The molecule has 0 radical (unpaired) electrons. The number of halogens is 2. The highest BCUT2D eigenvalue weighted by Gasteiger charge is 2.32. The van der Waals surface area contributed by atoms with E-state index < -0.39 is 20.0 Å². The van der Waals surface area contributed by atoms with Crippen molar-refractivity contribution in [2.45, 2.75) is 29.4 Å². The van der Waals surface area contributed by atoms with Gasteiger partial charge in [-0.3, -0.25) is 10.1 Å². The third kappa shape index (κ3) is 4.91. The molecule has 3 aromatic rings. The van der Waals surface area contributed by atoms with Crippen LogP contribution in [-0.2, 0) is 16.3 Å². The van der Waals surface area contributed by atoms with Crippen LogP contribution in [0.15, 0.2) is 52.7 Å². The highest BCUT2D eigenvalue weighted by Crippen LogP contribution is 2.31. The minimum Gasteiger partial charge on any atom is -0.348 e. The fraction of sp³-hybridized carbons (Fsp3) is 0.286. The van der Waals surface area contributed by atoms with Crippen LogP contribution < -0.4 is 4.90 Å². The van der Waals surface area contributed by atoms with Crippen LogP contribution in [0.25, 0.3) is 0 Å². The Morgan fingerprint density at radius 2 is 1.78 bits per heavy atom. The molecule has 7 nitrogen and oxygen atoms in total. The predicted molar refractivity (Wildman–Crippen MR) is 127 cm³/mol. The summed E-state index contributed by atoms with van der Waals surface area (Å²) < 4.78 is 25.9. The van der Waals surface area contributed by atoms with E-state index in [-0.39, 0.29) is 10.6 Å². The van der Waals surface area contributed by atoms with Gasteiger partial charge < -0.3 is 4.90 Å². The van der Waals surface area contributed by atoms with Crippen LogP contribution in [0, 0.1) is 10.1 Å². The summed E-state index contributed by atoms with van der Waals surface area (Å²) in [6.45, 7) is 1.16. The number of aromatic nitrogens is 1. The Bertz CT molecular complexity index is 1240. The van der Waals surface area contributed by atoms with E-state index in [0.717, 1.165) is 16.4 Å². The number of nitrogens with zero attached hydrogens (tertiary/aromatic N) is 3. The molecule has 168 valence electrons. The molecule has 2 heterocycles. The van der Waals surface area contributed by atoms with Crippen molar-refractivity contribution >= 4 is 55.2 Å². The van der Waals surface area contributed by atoms with Gasteiger partial charge in [-0.15, -0.1) is 11.3 Å². The Labute approximate surface area is 199 Å². The number of non-ortho nitro benzene ring substituents is 1. The molecular weight excluding hydrogens is 493 g/mol. The van der Waals surface area contributed by atoms with Crippen LogP contribution in [-0.4, -0.2) is 36.7 Å². The lowest BCUT2D eigenvalue weighted by atomic mass is 10.1. The Balaban J connectivity index is 1.39. The molecule has 11 heteroatoms. The summed E-state index contributed by atoms with van der Waals surface area (Å²) in [5.74, 6) is 0. The highest BCUT2D eigenvalue weighted by atomic mass is 35.5. The van der Waals surface area contributed by atoms with Crippen molar-refractivity contribution in [3.63, 3.8) is 0 Å². The zero-order valence-corrected chi connectivity index (χ0v) is 19.9. The molecule has 1 aliphatic heterocycles. The van der Waals surface area contributed by atoms with E-state index in [1.54, 1.807) is 6.07 Å². The third-order valence-corrected chi connectivity index (χ3v) is 9.40. The summed E-state index contributed by atoms with van der Waals surface area (Å²) >= 11 is 13.6. The number of hydrogen-bond acceptors (Lipinski definition) is 7. The minimum absolute atomic E-state index is 0.125. The number of rotatable bonds is 6. The number of anilines is 1. The number of benzene rings is 2. The van der Waals surface area contributed by atoms with Crippen LogP contribution in [0.1, 0.15) is 24.1 Å². The molecule has 0 atom stereocenters. The SMILES string of the molecule is O=[N+]([O-])c1ccc(S(=O)(=O)C2CCN(c3nc(Cc4ccc(Cl)c(Cl)c4)cs3)CC2)cc1. The maximum atomic E-state index is 12.9. The lowest BCUT2D eigenvalue weighted by Crippen LogP contribution is -2.39. The molecule has 0 saturated carbocycles. The number of nitro groups is 1. The summed E-state index contributed by atoms with van der Waals surface area (Å²) in [5.41, 5.74) is 1.81. The van der Waals surface area contributed by atoms with Gasteiger partial charge in [0.05, 0.1) is 30.8 Å². The smallest absolute Gasteiger partial charge is 0.269 e. The summed E-state index contributed by atoms with van der Waals surface area (Å²) in [6.07, 6.45) is 1.58. The lowest BCUT2D eigenvalue weighted by molar-refractivity contribution is -0.384. The Morgan fingerprint density at radius 1 is 1.09 bits per heavy atom. The molecule has 1 aliphatic rings. The molecule has 1 fully saturated rings. The predicted octanol–water partition coefficient (Wildman–Crippen LogP) is 5.39. The Morgan fingerprint density at radius 3 is 2.41 bits per heavy atom. The fourth-order valence-electron chi connectivity index (χ4n) is 3.69. The molecular formula is C21H19Cl2N3O4S2. The normalized spacial score (nSPS) is 15.1. The van der Waals surface area contributed by atoms with Gasteiger partial charge in [-0.1, -0.05) is 29.3 Å². The van der Waals surface area contributed by atoms with Gasteiger partial charge in [0.2, 0.25) is 0 Å². The monoisotopic (exact) mass is 511 g/mol. The molecule has 1 aromatic heterocycles. The molecule has 1 saturated heterocycles. The molecule has 0 bridgehead atoms. The zero-order chi connectivity index (χ0) is 22.9. The summed E-state index contributed by atoms with van der Waals surface area (Å²) in [5, 5.41) is 14.2. The van der Waals surface area contributed by atoms with Crippen molar-refractivity contribution in [2.75, 3.05) is 18.0 Å². The van der Waals surface area contributed by atoms with Crippen molar-refractivity contribution in [2.24, 2.45) is 0 Å². The standard InChI is InChI=1S/C21H19Cl2N3O4S2/c22-19-6-1-14(12-20(19)23)11-15-13-31-21(24-15)25-9-7-18(8-10-25)32(29,30)17-4-2-16(3-5-17)26(27)28/h1-6,12-13,18H,7-11H2. The molecule has 0 spiro atoms. The topological polar surface area (TPSA) is 93.4 Å². The molecule has 0 amide bonds. The number of sulfone groups is 1. The summed E-state index contributed by atoms with van der Waals surface area (Å²) in [7, 11) is -3.54. The molecule has 32 heavy (non-hydrogen) atoms. The second kappa shape index (κ2) is 9.35. The van der Waals surface area contributed by atoms with E-state index in [4.69, 9.17) is 28.2 Å². The molecule has 0 aliphatic carbocycles. The van der Waals surface area contributed by atoms with Gasteiger partial charge in [-0.05, 0) is 42.7 Å². The maximum Gasteiger partial charge on any atom is 0.269 e. The van der Waals surface area contributed by atoms with Gasteiger partial charge in [0.1, 0.15) is 0 Å². The van der Waals surface area contributed by atoms with Crippen molar-refractivity contribution in [3.05, 3.63) is 79.3 Å². The van der Waals surface area contributed by atoms with Crippen molar-refractivity contribution < 1.29 is 13.3 Å². The van der Waals surface area contributed by atoms with Crippen LogP contribution in [0.3, 0.4) is 0 Å². The number of hydrogen-bond donors (Lipinski definition) is 0. The first-order valence-corrected chi connectivity index (χ1v) is 13.0. The van der Waals surface area contributed by atoms with Crippen LogP contribution in [0.5, 0.6) is 0 Å². The van der Waals surface area contributed by atoms with Gasteiger partial charge in [0.15, 0.2) is 15.0 Å². The van der Waals surface area contributed by atoms with Crippen molar-refractivity contribution in [3.8, 4) is 0 Å². The van der Waals surface area contributed by atoms with Gasteiger partial charge in [-0.25, -0.2) is 13.4 Å². The van der Waals surface area contributed by atoms with Crippen LogP contribution >= 0.6 is 34.5 Å².